The Morgan fingerprint density at radius 1 is 1.47 bits per heavy atom. The molecule has 3 heterocycles. The molecule has 1 aliphatic heterocycles. The van der Waals surface area contributed by atoms with Crippen LogP contribution in [0.5, 0.6) is 0 Å². The second-order valence-corrected chi connectivity index (χ2v) is 5.18. The molecule has 1 saturated heterocycles. The van der Waals surface area contributed by atoms with Gasteiger partial charge in [0.15, 0.2) is 10.6 Å². The molecule has 0 aliphatic carbocycles. The maximum atomic E-state index is 5.60. The Bertz CT molecular complexity index is 607. The predicted molar refractivity (Wildman–Crippen MR) is 74.3 cm³/mol. The maximum absolute atomic E-state index is 5.60. The van der Waals surface area contributed by atoms with Crippen molar-refractivity contribution in [2.75, 3.05) is 6.61 Å². The van der Waals surface area contributed by atoms with Crippen LogP contribution in [0.4, 0.5) is 0 Å². The van der Waals surface area contributed by atoms with Gasteiger partial charge in [-0.2, -0.15) is 5.10 Å². The van der Waals surface area contributed by atoms with Crippen molar-refractivity contribution in [3.05, 3.63) is 29.2 Å². The molecule has 0 amide bonds. The fourth-order valence-electron chi connectivity index (χ4n) is 2.53. The monoisotopic (exact) mass is 276 g/mol. The van der Waals surface area contributed by atoms with E-state index in [1.165, 1.54) is 0 Å². The molecule has 2 aromatic rings. The number of aromatic amines is 1. The van der Waals surface area contributed by atoms with Crippen LogP contribution < -0.4 is 0 Å². The molecule has 1 N–H and O–H groups in total. The largest absolute Gasteiger partial charge is 0.378 e. The summed E-state index contributed by atoms with van der Waals surface area (Å²) >= 11 is 5.37. The van der Waals surface area contributed by atoms with Crippen molar-refractivity contribution in [1.29, 1.82) is 0 Å². The van der Waals surface area contributed by atoms with Gasteiger partial charge < -0.3 is 4.74 Å². The first kappa shape index (κ1) is 12.5. The SMILES string of the molecule is CC1CC(n2c(-c3ccccn3)n[nH]c2=S)CCO1. The third-order valence-corrected chi connectivity index (χ3v) is 3.71. The molecule has 2 atom stereocenters. The molecule has 0 bridgehead atoms. The maximum Gasteiger partial charge on any atom is 0.195 e. The van der Waals surface area contributed by atoms with E-state index in [0.29, 0.717) is 10.8 Å². The van der Waals surface area contributed by atoms with Gasteiger partial charge in [0, 0.05) is 18.8 Å². The van der Waals surface area contributed by atoms with Crippen molar-refractivity contribution in [2.24, 2.45) is 0 Å². The van der Waals surface area contributed by atoms with Crippen LogP contribution in [0.25, 0.3) is 11.5 Å². The summed E-state index contributed by atoms with van der Waals surface area (Å²) in [4.78, 5) is 4.36. The van der Waals surface area contributed by atoms with Gasteiger partial charge in [-0.1, -0.05) is 6.07 Å². The van der Waals surface area contributed by atoms with E-state index in [0.717, 1.165) is 31.0 Å². The zero-order valence-corrected chi connectivity index (χ0v) is 11.6. The molecule has 0 saturated carbocycles. The van der Waals surface area contributed by atoms with E-state index in [1.54, 1.807) is 6.20 Å². The van der Waals surface area contributed by atoms with Crippen molar-refractivity contribution in [3.8, 4) is 11.5 Å². The number of hydrogen-bond donors (Lipinski definition) is 1. The van der Waals surface area contributed by atoms with Crippen LogP contribution >= 0.6 is 12.2 Å². The molecule has 5 nitrogen and oxygen atoms in total. The summed E-state index contributed by atoms with van der Waals surface area (Å²) in [6.07, 6.45) is 3.93. The minimum atomic E-state index is 0.257. The molecule has 0 radical (unpaired) electrons. The first-order valence-electron chi connectivity index (χ1n) is 6.45. The summed E-state index contributed by atoms with van der Waals surface area (Å²) in [5, 5.41) is 7.21. The summed E-state index contributed by atoms with van der Waals surface area (Å²) in [5.41, 5.74) is 0.842. The lowest BCUT2D eigenvalue weighted by Gasteiger charge is -2.28. The van der Waals surface area contributed by atoms with Gasteiger partial charge in [0.1, 0.15) is 5.69 Å². The highest BCUT2D eigenvalue weighted by Crippen LogP contribution is 2.28. The van der Waals surface area contributed by atoms with Crippen LogP contribution in [0.3, 0.4) is 0 Å². The zero-order valence-electron chi connectivity index (χ0n) is 10.7. The van der Waals surface area contributed by atoms with Crippen molar-refractivity contribution in [2.45, 2.75) is 31.9 Å². The van der Waals surface area contributed by atoms with E-state index in [9.17, 15) is 0 Å². The quantitative estimate of drug-likeness (QED) is 0.857. The third kappa shape index (κ3) is 2.46. The number of ether oxygens (including phenoxy) is 1. The molecular formula is C13H16N4OS. The van der Waals surface area contributed by atoms with Gasteiger partial charge in [0.05, 0.1) is 6.10 Å². The average molecular weight is 276 g/mol. The van der Waals surface area contributed by atoms with E-state index in [4.69, 9.17) is 17.0 Å². The normalized spacial score (nSPS) is 23.4. The van der Waals surface area contributed by atoms with Gasteiger partial charge in [-0.3, -0.25) is 14.6 Å². The minimum absolute atomic E-state index is 0.257. The van der Waals surface area contributed by atoms with Gasteiger partial charge in [-0.25, -0.2) is 0 Å². The van der Waals surface area contributed by atoms with Crippen LogP contribution in [0, 0.1) is 4.77 Å². The summed E-state index contributed by atoms with van der Waals surface area (Å²) in [6.45, 7) is 2.86. The van der Waals surface area contributed by atoms with Crippen LogP contribution in [0.2, 0.25) is 0 Å². The summed E-state index contributed by atoms with van der Waals surface area (Å²) in [7, 11) is 0. The Morgan fingerprint density at radius 2 is 2.37 bits per heavy atom. The Balaban J connectivity index is 2.02. The number of rotatable bonds is 2. The fraction of sp³-hybridized carbons (Fsp3) is 0.462. The second-order valence-electron chi connectivity index (χ2n) is 4.80. The second kappa shape index (κ2) is 5.22. The average Bonchev–Trinajstić information content (AvgIpc) is 2.82. The van der Waals surface area contributed by atoms with Crippen LogP contribution in [0.1, 0.15) is 25.8 Å². The molecule has 19 heavy (non-hydrogen) atoms. The van der Waals surface area contributed by atoms with Crippen molar-refractivity contribution < 1.29 is 4.74 Å². The number of nitrogens with zero attached hydrogens (tertiary/aromatic N) is 3. The van der Waals surface area contributed by atoms with Gasteiger partial charge in [0.2, 0.25) is 0 Å². The number of pyridine rings is 1. The number of nitrogens with one attached hydrogen (secondary N) is 1. The zero-order chi connectivity index (χ0) is 13.2. The van der Waals surface area contributed by atoms with Crippen LogP contribution in [-0.4, -0.2) is 32.5 Å². The number of aromatic nitrogens is 4. The Morgan fingerprint density at radius 3 is 3.11 bits per heavy atom. The highest BCUT2D eigenvalue weighted by atomic mass is 32.1. The minimum Gasteiger partial charge on any atom is -0.378 e. The fourth-order valence-corrected chi connectivity index (χ4v) is 2.81. The highest BCUT2D eigenvalue weighted by Gasteiger charge is 2.24. The predicted octanol–water partition coefficient (Wildman–Crippen LogP) is 2.74. The Hall–Kier alpha value is -1.53. The Labute approximate surface area is 116 Å². The molecule has 2 unspecified atom stereocenters. The molecule has 3 rings (SSSR count). The molecular weight excluding hydrogens is 260 g/mol. The first-order chi connectivity index (χ1) is 9.25. The van der Waals surface area contributed by atoms with Gasteiger partial charge in [0.25, 0.3) is 0 Å². The van der Waals surface area contributed by atoms with Crippen molar-refractivity contribution >= 4 is 12.2 Å². The third-order valence-electron chi connectivity index (χ3n) is 3.42. The number of hydrogen-bond acceptors (Lipinski definition) is 4. The first-order valence-corrected chi connectivity index (χ1v) is 6.86. The highest BCUT2D eigenvalue weighted by molar-refractivity contribution is 7.71. The summed E-state index contributed by atoms with van der Waals surface area (Å²) < 4.78 is 8.33. The summed E-state index contributed by atoms with van der Waals surface area (Å²) in [6, 6.07) is 6.12. The number of H-pyrrole nitrogens is 1. The molecule has 6 heteroatoms. The lowest BCUT2D eigenvalue weighted by molar-refractivity contribution is 0.00594. The molecule has 2 aromatic heterocycles. The van der Waals surface area contributed by atoms with E-state index in [-0.39, 0.29) is 6.10 Å². The molecule has 0 aromatic carbocycles. The molecule has 100 valence electrons. The Kier molecular flexibility index (Phi) is 3.44. The van der Waals surface area contributed by atoms with E-state index < -0.39 is 0 Å². The van der Waals surface area contributed by atoms with Gasteiger partial charge in [-0.15, -0.1) is 0 Å². The standard InChI is InChI=1S/C13H16N4OS/c1-9-8-10(5-7-18-9)17-12(15-16-13(17)19)11-4-2-3-6-14-11/h2-4,6,9-10H,5,7-8H2,1H3,(H,16,19). The van der Waals surface area contributed by atoms with Gasteiger partial charge in [-0.05, 0) is 44.1 Å². The van der Waals surface area contributed by atoms with Gasteiger partial charge >= 0.3 is 0 Å². The molecule has 1 fully saturated rings. The van der Waals surface area contributed by atoms with E-state index in [2.05, 4.69) is 26.7 Å². The molecule has 0 spiro atoms. The molecule has 1 aliphatic rings. The van der Waals surface area contributed by atoms with Crippen LogP contribution in [0.15, 0.2) is 24.4 Å². The lowest BCUT2D eigenvalue weighted by Crippen LogP contribution is -2.26. The topological polar surface area (TPSA) is 55.7 Å². The van der Waals surface area contributed by atoms with E-state index in [1.807, 2.05) is 18.2 Å². The smallest absolute Gasteiger partial charge is 0.195 e. The van der Waals surface area contributed by atoms with Crippen molar-refractivity contribution in [3.63, 3.8) is 0 Å². The van der Waals surface area contributed by atoms with E-state index >= 15 is 0 Å². The summed E-state index contributed by atoms with van der Waals surface area (Å²) in [5.74, 6) is 0.810. The van der Waals surface area contributed by atoms with Crippen LogP contribution in [-0.2, 0) is 4.74 Å². The van der Waals surface area contributed by atoms with Crippen molar-refractivity contribution in [1.82, 2.24) is 19.7 Å². The lowest BCUT2D eigenvalue weighted by atomic mass is 10.0.